The topological polar surface area (TPSA) is 72.3 Å². The molecule has 0 amide bonds. The molecular weight excluding hydrogens is 264 g/mol. The van der Waals surface area contributed by atoms with Crippen molar-refractivity contribution in [1.82, 2.24) is 0 Å². The van der Waals surface area contributed by atoms with Gasteiger partial charge in [-0.3, -0.25) is 0 Å². The first kappa shape index (κ1) is 11.8. The van der Waals surface area contributed by atoms with Crippen LogP contribution in [0.15, 0.2) is 27.6 Å². The number of hydrogen-bond acceptors (Lipinski definition) is 4. The number of hydrogen-bond donors (Lipinski definition) is 3. The predicted molar refractivity (Wildman–Crippen MR) is 64.3 cm³/mol. The first-order valence-electron chi connectivity index (χ1n) is 4.19. The summed E-state index contributed by atoms with van der Waals surface area (Å²) in [5, 5.41) is 9.28. The molecule has 0 fully saturated rings. The highest BCUT2D eigenvalue weighted by Gasteiger charge is 2.05. The van der Waals surface area contributed by atoms with E-state index in [1.165, 1.54) is 11.8 Å². The van der Waals surface area contributed by atoms with Crippen molar-refractivity contribution < 1.29 is 5.11 Å². The van der Waals surface area contributed by atoms with Crippen LogP contribution in [-0.2, 0) is 0 Å². The number of nitrogens with two attached hydrogens (primary N) is 2. The van der Waals surface area contributed by atoms with Crippen LogP contribution in [0.5, 0.6) is 0 Å². The summed E-state index contributed by atoms with van der Waals surface area (Å²) in [5.41, 5.74) is 11.8. The van der Waals surface area contributed by atoms with Crippen LogP contribution in [0.3, 0.4) is 0 Å². The van der Waals surface area contributed by atoms with Crippen molar-refractivity contribution in [3.05, 3.63) is 22.7 Å². The molecule has 14 heavy (non-hydrogen) atoms. The molecule has 0 aliphatic rings. The Balaban J connectivity index is 2.62. The molecule has 5 heteroatoms. The molecule has 1 aromatic carbocycles. The Morgan fingerprint density at radius 2 is 2.21 bits per heavy atom. The molecule has 0 saturated carbocycles. The van der Waals surface area contributed by atoms with Crippen LogP contribution in [0.4, 0.5) is 5.69 Å². The van der Waals surface area contributed by atoms with Crippen molar-refractivity contribution in [3.63, 3.8) is 0 Å². The SMILES string of the molecule is NCC(O)CSc1cc(Br)ccc1N. The van der Waals surface area contributed by atoms with Crippen LogP contribution in [0.1, 0.15) is 0 Å². The number of anilines is 1. The summed E-state index contributed by atoms with van der Waals surface area (Å²) in [6, 6.07) is 5.66. The van der Waals surface area contributed by atoms with E-state index < -0.39 is 6.10 Å². The Kier molecular flexibility index (Phi) is 4.74. The molecule has 78 valence electrons. The van der Waals surface area contributed by atoms with Gasteiger partial charge in [0, 0.05) is 27.4 Å². The largest absolute Gasteiger partial charge is 0.398 e. The average molecular weight is 277 g/mol. The zero-order valence-electron chi connectivity index (χ0n) is 7.61. The number of aliphatic hydroxyl groups excluding tert-OH is 1. The Morgan fingerprint density at radius 3 is 2.86 bits per heavy atom. The van der Waals surface area contributed by atoms with Gasteiger partial charge in [0.05, 0.1) is 6.10 Å². The number of halogens is 1. The molecule has 0 bridgehead atoms. The molecular formula is C9H13BrN2OS. The van der Waals surface area contributed by atoms with E-state index in [-0.39, 0.29) is 6.54 Å². The quantitative estimate of drug-likeness (QED) is 0.575. The smallest absolute Gasteiger partial charge is 0.0756 e. The summed E-state index contributed by atoms with van der Waals surface area (Å²) >= 11 is 4.87. The van der Waals surface area contributed by atoms with E-state index in [9.17, 15) is 5.11 Å². The highest BCUT2D eigenvalue weighted by atomic mass is 79.9. The Bertz CT molecular complexity index is 309. The van der Waals surface area contributed by atoms with Gasteiger partial charge in [0.1, 0.15) is 0 Å². The van der Waals surface area contributed by atoms with Gasteiger partial charge in [0.25, 0.3) is 0 Å². The number of benzene rings is 1. The molecule has 5 N–H and O–H groups in total. The van der Waals surface area contributed by atoms with Gasteiger partial charge in [-0.2, -0.15) is 0 Å². The lowest BCUT2D eigenvalue weighted by Crippen LogP contribution is -2.21. The predicted octanol–water partition coefficient (Wildman–Crippen LogP) is 1.44. The van der Waals surface area contributed by atoms with E-state index in [2.05, 4.69) is 15.9 Å². The molecule has 3 nitrogen and oxygen atoms in total. The first-order valence-corrected chi connectivity index (χ1v) is 5.97. The van der Waals surface area contributed by atoms with E-state index in [1.54, 1.807) is 0 Å². The normalized spacial score (nSPS) is 12.8. The minimum Gasteiger partial charge on any atom is -0.398 e. The van der Waals surface area contributed by atoms with Crippen molar-refractivity contribution in [2.24, 2.45) is 5.73 Å². The number of rotatable bonds is 4. The van der Waals surface area contributed by atoms with Crippen molar-refractivity contribution >= 4 is 33.4 Å². The third-order valence-corrected chi connectivity index (χ3v) is 3.39. The molecule has 0 saturated heterocycles. The molecule has 0 aliphatic carbocycles. The van der Waals surface area contributed by atoms with Crippen LogP contribution in [0.2, 0.25) is 0 Å². The molecule has 0 spiro atoms. The molecule has 0 radical (unpaired) electrons. The lowest BCUT2D eigenvalue weighted by atomic mass is 10.3. The van der Waals surface area contributed by atoms with Gasteiger partial charge in [0.15, 0.2) is 0 Å². The van der Waals surface area contributed by atoms with Crippen molar-refractivity contribution in [2.45, 2.75) is 11.0 Å². The lowest BCUT2D eigenvalue weighted by molar-refractivity contribution is 0.208. The molecule has 0 heterocycles. The monoisotopic (exact) mass is 276 g/mol. The summed E-state index contributed by atoms with van der Waals surface area (Å²) in [7, 11) is 0. The standard InChI is InChI=1S/C9H13BrN2OS/c10-6-1-2-8(12)9(3-6)14-5-7(13)4-11/h1-3,7,13H,4-5,11-12H2. The summed E-state index contributed by atoms with van der Waals surface area (Å²) < 4.78 is 0.983. The maximum absolute atomic E-state index is 9.28. The maximum atomic E-state index is 9.28. The van der Waals surface area contributed by atoms with Crippen molar-refractivity contribution in [1.29, 1.82) is 0 Å². The van der Waals surface area contributed by atoms with E-state index in [4.69, 9.17) is 11.5 Å². The van der Waals surface area contributed by atoms with Gasteiger partial charge in [-0.25, -0.2) is 0 Å². The molecule has 0 aliphatic heterocycles. The Hall–Kier alpha value is -0.230. The van der Waals surface area contributed by atoms with Crippen molar-refractivity contribution in [3.8, 4) is 0 Å². The van der Waals surface area contributed by atoms with Gasteiger partial charge in [0.2, 0.25) is 0 Å². The van der Waals surface area contributed by atoms with E-state index >= 15 is 0 Å². The average Bonchev–Trinajstić information content (AvgIpc) is 2.19. The fraction of sp³-hybridized carbons (Fsp3) is 0.333. The van der Waals surface area contributed by atoms with Gasteiger partial charge in [-0.1, -0.05) is 15.9 Å². The summed E-state index contributed by atoms with van der Waals surface area (Å²) in [6.45, 7) is 0.279. The fourth-order valence-corrected chi connectivity index (χ4v) is 2.35. The fourth-order valence-electron chi connectivity index (χ4n) is 0.887. The Labute approximate surface area is 96.0 Å². The highest BCUT2D eigenvalue weighted by Crippen LogP contribution is 2.28. The molecule has 1 unspecified atom stereocenters. The molecule has 1 aromatic rings. The number of nitrogen functional groups attached to an aromatic ring is 1. The van der Waals surface area contributed by atoms with E-state index in [0.717, 1.165) is 15.1 Å². The second-order valence-corrected chi connectivity index (χ2v) is 4.86. The van der Waals surface area contributed by atoms with Gasteiger partial charge in [-0.15, -0.1) is 11.8 Å². The molecule has 0 aromatic heterocycles. The third-order valence-electron chi connectivity index (χ3n) is 1.68. The van der Waals surface area contributed by atoms with Crippen LogP contribution in [-0.4, -0.2) is 23.5 Å². The maximum Gasteiger partial charge on any atom is 0.0756 e. The number of thioether (sulfide) groups is 1. The summed E-state index contributed by atoms with van der Waals surface area (Å²) in [5.74, 6) is 0.567. The van der Waals surface area contributed by atoms with Gasteiger partial charge >= 0.3 is 0 Å². The van der Waals surface area contributed by atoms with Crippen LogP contribution < -0.4 is 11.5 Å². The van der Waals surface area contributed by atoms with E-state index in [0.29, 0.717) is 5.75 Å². The van der Waals surface area contributed by atoms with Crippen molar-refractivity contribution in [2.75, 3.05) is 18.0 Å². The zero-order valence-corrected chi connectivity index (χ0v) is 10.0. The summed E-state index contributed by atoms with van der Waals surface area (Å²) in [4.78, 5) is 0.965. The molecule has 1 atom stereocenters. The highest BCUT2D eigenvalue weighted by molar-refractivity contribution is 9.10. The number of aliphatic hydroxyl groups is 1. The Morgan fingerprint density at radius 1 is 1.50 bits per heavy atom. The first-order chi connectivity index (χ1) is 6.63. The zero-order chi connectivity index (χ0) is 10.6. The van der Waals surface area contributed by atoms with E-state index in [1.807, 2.05) is 18.2 Å². The minimum atomic E-state index is -0.474. The minimum absolute atomic E-state index is 0.279. The van der Waals surface area contributed by atoms with Gasteiger partial charge < -0.3 is 16.6 Å². The lowest BCUT2D eigenvalue weighted by Gasteiger charge is -2.09. The second kappa shape index (κ2) is 5.60. The van der Waals surface area contributed by atoms with Crippen LogP contribution >= 0.6 is 27.7 Å². The van der Waals surface area contributed by atoms with Crippen LogP contribution in [0, 0.1) is 0 Å². The van der Waals surface area contributed by atoms with Crippen LogP contribution in [0.25, 0.3) is 0 Å². The van der Waals surface area contributed by atoms with Gasteiger partial charge in [-0.05, 0) is 18.2 Å². The second-order valence-electron chi connectivity index (χ2n) is 2.88. The summed E-state index contributed by atoms with van der Waals surface area (Å²) in [6.07, 6.45) is -0.474. The molecule has 1 rings (SSSR count). The third kappa shape index (κ3) is 3.49.